The first-order chi connectivity index (χ1) is 10.2. The minimum absolute atomic E-state index is 0.470. The van der Waals surface area contributed by atoms with E-state index < -0.39 is 0 Å². The van der Waals surface area contributed by atoms with Gasteiger partial charge in [-0.3, -0.25) is 0 Å². The van der Waals surface area contributed by atoms with Gasteiger partial charge in [0.15, 0.2) is 0 Å². The van der Waals surface area contributed by atoms with Crippen LogP contribution in [0.3, 0.4) is 0 Å². The molecule has 0 fully saturated rings. The Morgan fingerprint density at radius 2 is 1.38 bits per heavy atom. The van der Waals surface area contributed by atoms with Crippen LogP contribution in [-0.4, -0.2) is 0 Å². The van der Waals surface area contributed by atoms with Gasteiger partial charge < -0.3 is 0 Å². The highest BCUT2D eigenvalue weighted by molar-refractivity contribution is 5.89. The molecule has 0 spiro atoms. The molecule has 0 radical (unpaired) electrons. The third-order valence-corrected chi connectivity index (χ3v) is 5.08. The second-order valence-corrected chi connectivity index (χ2v) is 6.37. The fraction of sp³-hybridized carbons (Fsp3) is 0.238. The number of hydrogen-bond acceptors (Lipinski definition) is 0. The van der Waals surface area contributed by atoms with E-state index in [-0.39, 0.29) is 0 Å². The first-order valence-corrected chi connectivity index (χ1v) is 7.79. The molecule has 0 N–H and O–H groups in total. The van der Waals surface area contributed by atoms with Gasteiger partial charge >= 0.3 is 0 Å². The summed E-state index contributed by atoms with van der Waals surface area (Å²) >= 11 is 0. The van der Waals surface area contributed by atoms with Gasteiger partial charge in [0.05, 0.1) is 0 Å². The summed E-state index contributed by atoms with van der Waals surface area (Å²) in [6.45, 7) is 6.88. The van der Waals surface area contributed by atoms with Crippen molar-refractivity contribution in [1.82, 2.24) is 0 Å². The fourth-order valence-corrected chi connectivity index (χ4v) is 3.96. The summed E-state index contributed by atoms with van der Waals surface area (Å²) in [5.41, 5.74) is 7.35. The van der Waals surface area contributed by atoms with Gasteiger partial charge in [0.2, 0.25) is 0 Å². The normalized spacial score (nSPS) is 20.1. The number of aryl methyl sites for hydroxylation is 1. The van der Waals surface area contributed by atoms with Gasteiger partial charge in [0, 0.05) is 11.8 Å². The summed E-state index contributed by atoms with van der Waals surface area (Å²) in [5, 5.41) is 2.79. The van der Waals surface area contributed by atoms with Crippen LogP contribution < -0.4 is 0 Å². The molecule has 21 heavy (non-hydrogen) atoms. The molecule has 1 aliphatic carbocycles. The van der Waals surface area contributed by atoms with Crippen molar-refractivity contribution in [3.05, 3.63) is 82.4 Å². The smallest absolute Gasteiger partial charge is 0.00730 e. The molecular weight excluding hydrogens is 252 g/mol. The Bertz CT molecular complexity index is 842. The number of benzene rings is 3. The maximum Gasteiger partial charge on any atom is 0.00730 e. The quantitative estimate of drug-likeness (QED) is 0.487. The molecule has 104 valence electrons. The van der Waals surface area contributed by atoms with Gasteiger partial charge in [-0.1, -0.05) is 74.0 Å². The molecule has 4 rings (SSSR count). The minimum Gasteiger partial charge on any atom is -0.0620 e. The molecule has 0 aliphatic heterocycles. The van der Waals surface area contributed by atoms with Gasteiger partial charge in [-0.25, -0.2) is 0 Å². The van der Waals surface area contributed by atoms with Crippen molar-refractivity contribution in [3.8, 4) is 0 Å². The third kappa shape index (κ3) is 1.75. The lowest BCUT2D eigenvalue weighted by Crippen LogP contribution is -2.15. The van der Waals surface area contributed by atoms with E-state index in [0.717, 1.165) is 0 Å². The molecule has 0 heteroatoms. The Kier molecular flexibility index (Phi) is 2.68. The van der Waals surface area contributed by atoms with Crippen molar-refractivity contribution in [2.45, 2.75) is 32.6 Å². The van der Waals surface area contributed by atoms with Gasteiger partial charge in [0.25, 0.3) is 0 Å². The highest BCUT2D eigenvalue weighted by atomic mass is 14.3. The summed E-state index contributed by atoms with van der Waals surface area (Å²) < 4.78 is 0. The van der Waals surface area contributed by atoms with Crippen LogP contribution in [0.2, 0.25) is 0 Å². The lowest BCUT2D eigenvalue weighted by Gasteiger charge is -2.32. The van der Waals surface area contributed by atoms with Crippen LogP contribution in [0, 0.1) is 6.92 Å². The molecule has 0 bridgehead atoms. The molecule has 1 aliphatic rings. The molecule has 0 aromatic heterocycles. The standard InChI is InChI=1S/C21H20/c1-13-8-9-16-10-11-19-14(2)17-6-4-5-7-18(17)15(3)21(19)20(16)12-13/h4-12,14-15H,1-3H3. The van der Waals surface area contributed by atoms with Crippen LogP contribution >= 0.6 is 0 Å². The largest absolute Gasteiger partial charge is 0.0620 e. The highest BCUT2D eigenvalue weighted by Gasteiger charge is 2.28. The van der Waals surface area contributed by atoms with Gasteiger partial charge in [-0.15, -0.1) is 0 Å². The molecular formula is C21H20. The first-order valence-electron chi connectivity index (χ1n) is 7.79. The molecule has 0 saturated heterocycles. The topological polar surface area (TPSA) is 0 Å². The summed E-state index contributed by atoms with van der Waals surface area (Å²) in [7, 11) is 0. The summed E-state index contributed by atoms with van der Waals surface area (Å²) in [6, 6.07) is 20.4. The van der Waals surface area contributed by atoms with E-state index in [1.54, 1.807) is 0 Å². The molecule has 0 amide bonds. The lowest BCUT2D eigenvalue weighted by molar-refractivity contribution is 0.778. The second kappa shape index (κ2) is 4.46. The highest BCUT2D eigenvalue weighted by Crippen LogP contribution is 2.45. The number of hydrogen-bond donors (Lipinski definition) is 0. The van der Waals surface area contributed by atoms with Crippen LogP contribution in [0.5, 0.6) is 0 Å². The van der Waals surface area contributed by atoms with Crippen molar-refractivity contribution in [1.29, 1.82) is 0 Å². The average Bonchev–Trinajstić information content (AvgIpc) is 2.51. The van der Waals surface area contributed by atoms with E-state index in [1.165, 1.54) is 38.6 Å². The van der Waals surface area contributed by atoms with E-state index in [9.17, 15) is 0 Å². The van der Waals surface area contributed by atoms with E-state index in [0.29, 0.717) is 11.8 Å². The van der Waals surface area contributed by atoms with Gasteiger partial charge in [-0.2, -0.15) is 0 Å². The molecule has 3 aromatic carbocycles. The van der Waals surface area contributed by atoms with E-state index >= 15 is 0 Å². The van der Waals surface area contributed by atoms with E-state index in [1.807, 2.05) is 0 Å². The summed E-state index contributed by atoms with van der Waals surface area (Å²) in [6.07, 6.45) is 0. The minimum atomic E-state index is 0.470. The predicted octanol–water partition coefficient (Wildman–Crippen LogP) is 5.77. The zero-order chi connectivity index (χ0) is 14.6. The zero-order valence-electron chi connectivity index (χ0n) is 12.9. The maximum absolute atomic E-state index is 2.35. The Labute approximate surface area is 126 Å². The van der Waals surface area contributed by atoms with Crippen molar-refractivity contribution < 1.29 is 0 Å². The average molecular weight is 272 g/mol. The Morgan fingerprint density at radius 3 is 2.14 bits per heavy atom. The molecule has 0 saturated carbocycles. The van der Waals surface area contributed by atoms with Crippen LogP contribution in [0.4, 0.5) is 0 Å². The summed E-state index contributed by atoms with van der Waals surface area (Å²) in [5.74, 6) is 0.954. The SMILES string of the molecule is Cc1ccc2ccc3c(c2c1)C(C)c1ccccc1C3C. The molecule has 2 atom stereocenters. The number of fused-ring (bicyclic) bond motifs is 4. The maximum atomic E-state index is 2.35. The van der Waals surface area contributed by atoms with Crippen molar-refractivity contribution in [3.63, 3.8) is 0 Å². The molecule has 3 aromatic rings. The Balaban J connectivity index is 2.08. The van der Waals surface area contributed by atoms with Gasteiger partial charge in [-0.05, 0) is 39.9 Å². The van der Waals surface area contributed by atoms with Crippen molar-refractivity contribution in [2.75, 3.05) is 0 Å². The van der Waals surface area contributed by atoms with Crippen LogP contribution in [-0.2, 0) is 0 Å². The first kappa shape index (κ1) is 12.6. The lowest BCUT2D eigenvalue weighted by atomic mass is 9.72. The van der Waals surface area contributed by atoms with E-state index in [4.69, 9.17) is 0 Å². The zero-order valence-corrected chi connectivity index (χ0v) is 12.9. The van der Waals surface area contributed by atoms with Crippen LogP contribution in [0.1, 0.15) is 53.5 Å². The predicted molar refractivity (Wildman–Crippen MR) is 90.2 cm³/mol. The second-order valence-electron chi connectivity index (χ2n) is 6.37. The molecule has 0 nitrogen and oxygen atoms in total. The van der Waals surface area contributed by atoms with Gasteiger partial charge in [0.1, 0.15) is 0 Å². The van der Waals surface area contributed by atoms with Crippen LogP contribution in [0.15, 0.2) is 54.6 Å². The molecule has 0 heterocycles. The monoisotopic (exact) mass is 272 g/mol. The summed E-state index contributed by atoms with van der Waals surface area (Å²) in [4.78, 5) is 0. The van der Waals surface area contributed by atoms with Crippen molar-refractivity contribution >= 4 is 10.8 Å². The van der Waals surface area contributed by atoms with Crippen LogP contribution in [0.25, 0.3) is 10.8 Å². The van der Waals surface area contributed by atoms with E-state index in [2.05, 4.69) is 75.4 Å². The van der Waals surface area contributed by atoms with Crippen molar-refractivity contribution in [2.24, 2.45) is 0 Å². The Morgan fingerprint density at radius 1 is 0.714 bits per heavy atom. The number of rotatable bonds is 0. The molecule has 2 unspecified atom stereocenters. The third-order valence-electron chi connectivity index (χ3n) is 5.08. The Hall–Kier alpha value is -2.08. The fourth-order valence-electron chi connectivity index (χ4n) is 3.96.